The van der Waals surface area contributed by atoms with Gasteiger partial charge in [-0.3, -0.25) is 4.79 Å². The lowest BCUT2D eigenvalue weighted by Crippen LogP contribution is -2.34. The Morgan fingerprint density at radius 3 is 2.53 bits per heavy atom. The van der Waals surface area contributed by atoms with E-state index in [-0.39, 0.29) is 36.9 Å². The molecule has 3 aromatic rings. The molecule has 4 rings (SSSR count). The average molecular weight is 488 g/mol. The number of rotatable bonds is 8. The van der Waals surface area contributed by atoms with Crippen LogP contribution in [0.1, 0.15) is 28.4 Å². The lowest BCUT2D eigenvalue weighted by molar-refractivity contribution is 0.100. The topological polar surface area (TPSA) is 123 Å². The minimum absolute atomic E-state index is 0.100. The third-order valence-corrected chi connectivity index (χ3v) is 7.30. The number of fused-ring (bicyclic) bond motifs is 1. The third kappa shape index (κ3) is 5.02. The van der Waals surface area contributed by atoms with Crippen molar-refractivity contribution in [2.75, 3.05) is 19.4 Å². The monoisotopic (exact) mass is 488 g/mol. The van der Waals surface area contributed by atoms with Crippen LogP contribution < -0.4 is 5.73 Å². The normalized spacial score (nSPS) is 16.6. The van der Waals surface area contributed by atoms with Crippen LogP contribution in [-0.2, 0) is 27.6 Å². The van der Waals surface area contributed by atoms with Crippen molar-refractivity contribution in [2.45, 2.75) is 26.2 Å². The highest BCUT2D eigenvalue weighted by molar-refractivity contribution is 7.88. The summed E-state index contributed by atoms with van der Waals surface area (Å²) in [4.78, 5) is 12.3. The van der Waals surface area contributed by atoms with Gasteiger partial charge in [-0.05, 0) is 66.2 Å². The molecule has 2 aromatic carbocycles. The van der Waals surface area contributed by atoms with Gasteiger partial charge in [0.25, 0.3) is 5.91 Å². The fourth-order valence-corrected chi connectivity index (χ4v) is 5.20. The Balaban J connectivity index is 1.77. The number of hydrogen-bond acceptors (Lipinski definition) is 6. The number of nitrogens with zero attached hydrogens (tertiary/aromatic N) is 1. The van der Waals surface area contributed by atoms with Crippen molar-refractivity contribution in [3.8, 4) is 11.3 Å². The Kier molecular flexibility index (Phi) is 6.81. The number of halogens is 1. The van der Waals surface area contributed by atoms with E-state index in [0.717, 1.165) is 17.4 Å². The molecule has 0 spiro atoms. The molecule has 1 aromatic heterocycles. The van der Waals surface area contributed by atoms with Gasteiger partial charge in [0.15, 0.2) is 0 Å². The molecule has 8 nitrogen and oxygen atoms in total. The first kappa shape index (κ1) is 24.4. The summed E-state index contributed by atoms with van der Waals surface area (Å²) in [5, 5.41) is 10.1. The number of nitrogens with two attached hydrogens (primary N) is 1. The van der Waals surface area contributed by atoms with E-state index in [1.54, 1.807) is 12.1 Å². The van der Waals surface area contributed by atoms with Gasteiger partial charge in [0.05, 0.1) is 11.8 Å². The van der Waals surface area contributed by atoms with Crippen LogP contribution >= 0.6 is 0 Å². The Morgan fingerprint density at radius 1 is 1.26 bits per heavy atom. The zero-order valence-electron chi connectivity index (χ0n) is 19.0. The number of furan rings is 1. The number of sulfonamides is 1. The van der Waals surface area contributed by atoms with Gasteiger partial charge in [-0.15, -0.1) is 0 Å². The van der Waals surface area contributed by atoms with Gasteiger partial charge in [0, 0.05) is 30.6 Å². The van der Waals surface area contributed by atoms with E-state index in [9.17, 15) is 22.6 Å². The van der Waals surface area contributed by atoms with Crippen molar-refractivity contribution in [2.24, 2.45) is 11.7 Å². The molecule has 1 amide bonds. The van der Waals surface area contributed by atoms with Gasteiger partial charge in [-0.2, -0.15) is 4.31 Å². The molecule has 11 heteroatoms. The highest BCUT2D eigenvalue weighted by Crippen LogP contribution is 2.36. The van der Waals surface area contributed by atoms with Gasteiger partial charge < -0.3 is 19.8 Å². The minimum atomic E-state index is -3.55. The number of hydrogen-bond donors (Lipinski definition) is 2. The fraction of sp³-hybridized carbons (Fsp3) is 0.348. The first-order valence-electron chi connectivity index (χ1n) is 11.0. The molecule has 1 aliphatic heterocycles. The Bertz CT molecular complexity index is 1330. The van der Waals surface area contributed by atoms with Crippen molar-refractivity contribution in [3.63, 3.8) is 0 Å². The van der Waals surface area contributed by atoms with E-state index in [0.29, 0.717) is 29.3 Å². The molecule has 180 valence electrons. The fourth-order valence-electron chi connectivity index (χ4n) is 4.35. The van der Waals surface area contributed by atoms with Crippen molar-refractivity contribution in [1.82, 2.24) is 4.31 Å². The largest absolute Gasteiger partial charge is 0.455 e. The van der Waals surface area contributed by atoms with Crippen LogP contribution in [-0.4, -0.2) is 50.2 Å². The standard InChI is InChI=1S/C23H26BFN2O6S/c1-3-15-8-19-20(33-22(21(19)23(26)28)16-4-6-18(25)7-5-16)9-17(15)12-27(34(2,30)31)11-14-10-24(29)32-13-14/h4-9,14,29H,3,10-13H2,1-2H3,(H2,26,28). The van der Waals surface area contributed by atoms with Crippen molar-refractivity contribution >= 4 is 34.0 Å². The highest BCUT2D eigenvalue weighted by Gasteiger charge is 2.32. The molecule has 2 heterocycles. The Hall–Kier alpha value is -2.73. The number of carbonyl (C=O) groups excluding carboxylic acids is 1. The number of benzene rings is 2. The van der Waals surface area contributed by atoms with E-state index in [2.05, 4.69) is 0 Å². The predicted molar refractivity (Wildman–Crippen MR) is 127 cm³/mol. The molecular formula is C23H26BFN2O6S. The Morgan fingerprint density at radius 2 is 1.97 bits per heavy atom. The second-order valence-corrected chi connectivity index (χ2v) is 10.6. The molecule has 1 atom stereocenters. The molecule has 0 radical (unpaired) electrons. The number of amides is 1. The maximum atomic E-state index is 13.4. The zero-order chi connectivity index (χ0) is 24.6. The first-order chi connectivity index (χ1) is 16.1. The van der Waals surface area contributed by atoms with Crippen LogP contribution in [0.4, 0.5) is 4.39 Å². The van der Waals surface area contributed by atoms with Crippen LogP contribution in [0.5, 0.6) is 0 Å². The molecule has 3 N–H and O–H groups in total. The average Bonchev–Trinajstić information content (AvgIpc) is 3.35. The van der Waals surface area contributed by atoms with Crippen LogP contribution in [0.25, 0.3) is 22.3 Å². The quantitative estimate of drug-likeness (QED) is 0.470. The summed E-state index contributed by atoms with van der Waals surface area (Å²) in [5.41, 5.74) is 8.33. The number of primary amides is 1. The lowest BCUT2D eigenvalue weighted by Gasteiger charge is -2.24. The maximum absolute atomic E-state index is 13.4. The summed E-state index contributed by atoms with van der Waals surface area (Å²) in [7, 11) is -4.43. The van der Waals surface area contributed by atoms with Gasteiger partial charge in [-0.25, -0.2) is 12.8 Å². The molecule has 0 bridgehead atoms. The maximum Gasteiger partial charge on any atom is 0.454 e. The van der Waals surface area contributed by atoms with Gasteiger partial charge in [0.2, 0.25) is 10.0 Å². The molecule has 34 heavy (non-hydrogen) atoms. The van der Waals surface area contributed by atoms with E-state index in [1.165, 1.54) is 28.6 Å². The predicted octanol–water partition coefficient (Wildman–Crippen LogP) is 2.79. The van der Waals surface area contributed by atoms with Crippen molar-refractivity contribution in [1.29, 1.82) is 0 Å². The molecule has 1 fully saturated rings. The van der Waals surface area contributed by atoms with Crippen LogP contribution in [0.2, 0.25) is 6.32 Å². The molecule has 1 unspecified atom stereocenters. The smallest absolute Gasteiger partial charge is 0.454 e. The number of aryl methyl sites for hydroxylation is 1. The van der Waals surface area contributed by atoms with Crippen LogP contribution in [0.3, 0.4) is 0 Å². The Labute approximate surface area is 197 Å². The summed E-state index contributed by atoms with van der Waals surface area (Å²) < 4.78 is 51.0. The lowest BCUT2D eigenvalue weighted by atomic mass is 9.82. The van der Waals surface area contributed by atoms with Gasteiger partial charge in [0.1, 0.15) is 17.2 Å². The van der Waals surface area contributed by atoms with Crippen molar-refractivity contribution in [3.05, 3.63) is 58.9 Å². The molecular weight excluding hydrogens is 462 g/mol. The van der Waals surface area contributed by atoms with Crippen LogP contribution in [0, 0.1) is 11.7 Å². The molecule has 0 aliphatic carbocycles. The second-order valence-electron chi connectivity index (χ2n) is 8.59. The third-order valence-electron chi connectivity index (χ3n) is 6.08. The van der Waals surface area contributed by atoms with E-state index in [4.69, 9.17) is 14.8 Å². The SMILES string of the molecule is CCc1cc2c(C(N)=O)c(-c3ccc(F)cc3)oc2cc1CN(CC1COB(O)C1)S(C)(=O)=O. The summed E-state index contributed by atoms with van der Waals surface area (Å²) in [6, 6.07) is 9.07. The first-order valence-corrected chi connectivity index (χ1v) is 12.8. The van der Waals surface area contributed by atoms with E-state index < -0.39 is 28.9 Å². The zero-order valence-corrected chi connectivity index (χ0v) is 19.8. The van der Waals surface area contributed by atoms with Crippen molar-refractivity contribution < 1.29 is 31.7 Å². The highest BCUT2D eigenvalue weighted by atomic mass is 32.2. The summed E-state index contributed by atoms with van der Waals surface area (Å²) in [6.45, 7) is 2.53. The second kappa shape index (κ2) is 9.49. The minimum Gasteiger partial charge on any atom is -0.455 e. The van der Waals surface area contributed by atoms with E-state index >= 15 is 0 Å². The van der Waals surface area contributed by atoms with E-state index in [1.807, 2.05) is 6.92 Å². The summed E-state index contributed by atoms with van der Waals surface area (Å²) in [6.07, 6.45) is 2.10. The van der Waals surface area contributed by atoms with Gasteiger partial charge >= 0.3 is 7.12 Å². The molecule has 1 saturated heterocycles. The summed E-state index contributed by atoms with van der Waals surface area (Å²) >= 11 is 0. The van der Waals surface area contributed by atoms with Gasteiger partial charge in [-0.1, -0.05) is 6.92 Å². The van der Waals surface area contributed by atoms with Crippen LogP contribution in [0.15, 0.2) is 40.8 Å². The molecule has 0 saturated carbocycles. The molecule has 1 aliphatic rings. The number of carbonyl (C=O) groups is 1. The summed E-state index contributed by atoms with van der Waals surface area (Å²) in [5.74, 6) is -0.977.